The van der Waals surface area contributed by atoms with Crippen molar-refractivity contribution in [3.8, 4) is 0 Å². The lowest BCUT2D eigenvalue weighted by atomic mass is 10.2. The average molecular weight is 144 g/mol. The van der Waals surface area contributed by atoms with Gasteiger partial charge in [0.1, 0.15) is 11.4 Å². The lowest BCUT2D eigenvalue weighted by molar-refractivity contribution is 1.32. The molecule has 0 saturated heterocycles. The van der Waals surface area contributed by atoms with Gasteiger partial charge in [-0.2, -0.15) is 0 Å². The molecule has 1 rings (SSSR count). The number of nitrogens with one attached hydrogen (secondary N) is 2. The van der Waals surface area contributed by atoms with Gasteiger partial charge in [0.2, 0.25) is 0 Å². The van der Waals surface area contributed by atoms with Crippen molar-refractivity contribution in [1.82, 2.24) is 0 Å². The molecule has 0 bridgehead atoms. The molecule has 58 valence electrons. The zero-order valence-electron chi connectivity index (χ0n) is 5.82. The molecule has 1 aromatic carbocycles. The highest BCUT2D eigenvalue weighted by atomic mass is 16.2. The van der Waals surface area contributed by atoms with Crippen molar-refractivity contribution in [2.24, 2.45) is 0 Å². The molecule has 0 aromatic heterocycles. The van der Waals surface area contributed by atoms with Gasteiger partial charge in [0.05, 0.1) is 0 Å². The zero-order chi connectivity index (χ0) is 7.72. The van der Waals surface area contributed by atoms with Crippen molar-refractivity contribution >= 4 is 11.4 Å². The Morgan fingerprint density at radius 2 is 1.30 bits per heavy atom. The molecule has 0 radical (unpaired) electrons. The third-order valence-corrected chi connectivity index (χ3v) is 1.41. The highest BCUT2D eigenvalue weighted by molar-refractivity contribution is 5.73. The van der Waals surface area contributed by atoms with Crippen LogP contribution in [0.2, 0.25) is 0 Å². The fourth-order valence-corrected chi connectivity index (χ4v) is 0.869. The van der Waals surface area contributed by atoms with Crippen LogP contribution in [0.4, 0.5) is 11.4 Å². The summed E-state index contributed by atoms with van der Waals surface area (Å²) in [4.78, 5) is 21.3. The maximum Gasteiger partial charge on any atom is 0.253 e. The predicted molar refractivity (Wildman–Crippen MR) is 44.7 cm³/mol. The Morgan fingerprint density at radius 1 is 1.00 bits per heavy atom. The standard InChI is InChI=1S/C6H8N2O2.2H2/c1-7-3-4(8-2)6(10)5(3)9;;/h7-8H,1-2H3;2*1H. The summed E-state index contributed by atoms with van der Waals surface area (Å²) in [7, 11) is 3.22. The van der Waals surface area contributed by atoms with E-state index in [1.54, 1.807) is 14.1 Å². The Hall–Kier alpha value is -1.32. The Kier molecular flexibility index (Phi) is 1.45. The Morgan fingerprint density at radius 3 is 1.50 bits per heavy atom. The average Bonchev–Trinajstić information content (AvgIpc) is 1.97. The smallest absolute Gasteiger partial charge is 0.253 e. The third kappa shape index (κ3) is 0.618. The largest absolute Gasteiger partial charge is 0.383 e. The van der Waals surface area contributed by atoms with E-state index in [9.17, 15) is 9.59 Å². The molecule has 0 atom stereocenters. The minimum absolute atomic E-state index is 0. The van der Waals surface area contributed by atoms with E-state index in [-0.39, 0.29) is 2.85 Å². The van der Waals surface area contributed by atoms with E-state index < -0.39 is 10.9 Å². The minimum Gasteiger partial charge on any atom is -0.383 e. The van der Waals surface area contributed by atoms with Crippen LogP contribution in [-0.4, -0.2) is 14.1 Å². The van der Waals surface area contributed by atoms with E-state index >= 15 is 0 Å². The van der Waals surface area contributed by atoms with E-state index in [0.717, 1.165) is 0 Å². The molecule has 1 aromatic rings. The van der Waals surface area contributed by atoms with Crippen LogP contribution in [0.25, 0.3) is 0 Å². The van der Waals surface area contributed by atoms with Gasteiger partial charge in [0, 0.05) is 16.9 Å². The van der Waals surface area contributed by atoms with Crippen molar-refractivity contribution in [1.29, 1.82) is 0 Å². The van der Waals surface area contributed by atoms with Gasteiger partial charge >= 0.3 is 0 Å². The quantitative estimate of drug-likeness (QED) is 0.567. The maximum absolute atomic E-state index is 10.7. The van der Waals surface area contributed by atoms with Crippen molar-refractivity contribution in [3.05, 3.63) is 20.4 Å². The number of hydrogen-bond donors (Lipinski definition) is 2. The molecule has 2 N–H and O–H groups in total. The van der Waals surface area contributed by atoms with Crippen LogP contribution in [0.5, 0.6) is 0 Å². The SMILES string of the molecule is CNc1c(NC)c(=O)c1=O.[HH].[HH]. The molecule has 10 heavy (non-hydrogen) atoms. The van der Waals surface area contributed by atoms with Gasteiger partial charge < -0.3 is 10.6 Å². The molecule has 0 spiro atoms. The maximum atomic E-state index is 10.7. The van der Waals surface area contributed by atoms with Crippen molar-refractivity contribution < 1.29 is 2.85 Å². The summed E-state index contributed by atoms with van der Waals surface area (Å²) in [5, 5.41) is 5.26. The van der Waals surface area contributed by atoms with Gasteiger partial charge in [0.15, 0.2) is 0 Å². The van der Waals surface area contributed by atoms with Gasteiger partial charge in [-0.3, -0.25) is 9.59 Å². The van der Waals surface area contributed by atoms with Crippen LogP contribution in [0.1, 0.15) is 2.85 Å². The van der Waals surface area contributed by atoms with Crippen LogP contribution >= 0.6 is 0 Å². The monoisotopic (exact) mass is 144 g/mol. The third-order valence-electron chi connectivity index (χ3n) is 1.41. The van der Waals surface area contributed by atoms with Gasteiger partial charge in [-0.1, -0.05) is 0 Å². The Labute approximate surface area is 60.5 Å². The van der Waals surface area contributed by atoms with Gasteiger partial charge in [-0.25, -0.2) is 0 Å². The summed E-state index contributed by atoms with van der Waals surface area (Å²) >= 11 is 0. The fraction of sp³-hybridized carbons (Fsp3) is 0.333. The molecule has 0 aliphatic carbocycles. The molecule has 0 saturated carbocycles. The summed E-state index contributed by atoms with van der Waals surface area (Å²) in [5.41, 5.74) is -0.112. The van der Waals surface area contributed by atoms with E-state index in [4.69, 9.17) is 0 Å². The first-order chi connectivity index (χ1) is 4.72. The molecule has 4 nitrogen and oxygen atoms in total. The van der Waals surface area contributed by atoms with Crippen LogP contribution in [0, 0.1) is 0 Å². The Balaban J connectivity index is 0. The van der Waals surface area contributed by atoms with E-state index in [1.807, 2.05) is 0 Å². The van der Waals surface area contributed by atoms with Crippen molar-refractivity contribution in [2.75, 3.05) is 24.7 Å². The number of hydrogen-bond acceptors (Lipinski definition) is 4. The number of rotatable bonds is 2. The van der Waals surface area contributed by atoms with Gasteiger partial charge in [-0.05, 0) is 0 Å². The number of anilines is 2. The summed E-state index contributed by atoms with van der Waals surface area (Å²) in [6.07, 6.45) is 0. The molecule has 0 amide bonds. The zero-order valence-corrected chi connectivity index (χ0v) is 5.82. The normalized spacial score (nSPS) is 9.80. The van der Waals surface area contributed by atoms with Crippen LogP contribution in [-0.2, 0) is 0 Å². The summed E-state index contributed by atoms with van der Waals surface area (Å²) in [6, 6.07) is 0. The molecule has 0 heterocycles. The van der Waals surface area contributed by atoms with E-state index in [2.05, 4.69) is 10.6 Å². The van der Waals surface area contributed by atoms with E-state index in [1.165, 1.54) is 0 Å². The summed E-state index contributed by atoms with van der Waals surface area (Å²) in [5.74, 6) is 0. The summed E-state index contributed by atoms with van der Waals surface area (Å²) in [6.45, 7) is 0. The van der Waals surface area contributed by atoms with Gasteiger partial charge in [0.25, 0.3) is 10.9 Å². The lowest BCUT2D eigenvalue weighted by Gasteiger charge is -2.07. The van der Waals surface area contributed by atoms with Crippen molar-refractivity contribution in [2.45, 2.75) is 0 Å². The first-order valence-electron chi connectivity index (χ1n) is 2.91. The first kappa shape index (κ1) is 6.80. The second kappa shape index (κ2) is 2.13. The fourth-order valence-electron chi connectivity index (χ4n) is 0.869. The second-order valence-electron chi connectivity index (χ2n) is 1.91. The molecular weight excluding hydrogens is 132 g/mol. The molecule has 0 unspecified atom stereocenters. The van der Waals surface area contributed by atoms with E-state index in [0.29, 0.717) is 11.4 Å². The van der Waals surface area contributed by atoms with Crippen LogP contribution in [0.15, 0.2) is 9.59 Å². The topological polar surface area (TPSA) is 58.2 Å². The van der Waals surface area contributed by atoms with Crippen LogP contribution < -0.4 is 21.5 Å². The highest BCUT2D eigenvalue weighted by Crippen LogP contribution is 2.10. The predicted octanol–water partition coefficient (Wildman–Crippen LogP) is -0.142. The second-order valence-corrected chi connectivity index (χ2v) is 1.91. The van der Waals surface area contributed by atoms with Crippen LogP contribution in [0.3, 0.4) is 0 Å². The minimum atomic E-state index is -0.438. The molecular formula is C6H12N2O2. The molecule has 0 aliphatic heterocycles. The van der Waals surface area contributed by atoms with Crippen molar-refractivity contribution in [3.63, 3.8) is 0 Å². The molecule has 4 heteroatoms. The lowest BCUT2D eigenvalue weighted by Crippen LogP contribution is -2.35. The molecule has 0 aliphatic rings. The highest BCUT2D eigenvalue weighted by Gasteiger charge is 2.17. The first-order valence-corrected chi connectivity index (χ1v) is 2.91. The van der Waals surface area contributed by atoms with Gasteiger partial charge in [-0.15, -0.1) is 0 Å². The Bertz CT molecular complexity index is 285. The summed E-state index contributed by atoms with van der Waals surface area (Å²) < 4.78 is 0. The molecule has 0 fully saturated rings.